The summed E-state index contributed by atoms with van der Waals surface area (Å²) in [6.45, 7) is 1.66. The number of aromatic nitrogens is 1. The van der Waals surface area contributed by atoms with Gasteiger partial charge >= 0.3 is 4.87 Å². The Morgan fingerprint density at radius 2 is 2.10 bits per heavy atom. The van der Waals surface area contributed by atoms with Crippen LogP contribution in [-0.4, -0.2) is 29.9 Å². The van der Waals surface area contributed by atoms with Gasteiger partial charge in [-0.3, -0.25) is 4.79 Å². The molecule has 0 amide bonds. The molecule has 0 aliphatic heterocycles. The van der Waals surface area contributed by atoms with Gasteiger partial charge in [0.25, 0.3) is 10.0 Å². The van der Waals surface area contributed by atoms with E-state index in [0.717, 1.165) is 4.31 Å². The van der Waals surface area contributed by atoms with Crippen molar-refractivity contribution in [2.24, 2.45) is 0 Å². The molecule has 0 saturated carbocycles. The third-order valence-corrected chi connectivity index (χ3v) is 6.13. The van der Waals surface area contributed by atoms with Crippen LogP contribution in [0, 0.1) is 6.92 Å². The molecule has 0 unspecified atom stereocenters. The number of aromatic hydroxyl groups is 1. The van der Waals surface area contributed by atoms with Gasteiger partial charge in [-0.15, -0.1) is 0 Å². The number of phenols is 1. The van der Waals surface area contributed by atoms with Gasteiger partial charge in [0.15, 0.2) is 4.21 Å². The van der Waals surface area contributed by atoms with Gasteiger partial charge in [-0.25, -0.2) is 8.42 Å². The highest BCUT2D eigenvalue weighted by molar-refractivity contribution is 7.91. The van der Waals surface area contributed by atoms with E-state index in [0.29, 0.717) is 22.6 Å². The summed E-state index contributed by atoms with van der Waals surface area (Å²) in [6.07, 6.45) is 0. The Kier molecular flexibility index (Phi) is 3.98. The number of aromatic amines is 1. The summed E-state index contributed by atoms with van der Waals surface area (Å²) in [5.41, 5.74) is 0.999. The maximum atomic E-state index is 12.4. The molecule has 6 nitrogen and oxygen atoms in total. The molecule has 108 valence electrons. The van der Waals surface area contributed by atoms with Gasteiger partial charge in [-0.05, 0) is 24.6 Å². The Hall–Kier alpha value is -1.64. The molecule has 0 atom stereocenters. The van der Waals surface area contributed by atoms with Crippen molar-refractivity contribution in [3.05, 3.63) is 45.2 Å². The third kappa shape index (κ3) is 2.92. The SMILES string of the molecule is Cc1[nH]c(=O)sc1S(=O)(=O)N(C)Cc1cccc(O)c1. The molecule has 0 fully saturated rings. The topological polar surface area (TPSA) is 90.5 Å². The second-order valence-corrected chi connectivity index (χ2v) is 7.58. The molecule has 1 aromatic carbocycles. The molecule has 8 heteroatoms. The smallest absolute Gasteiger partial charge is 0.305 e. The number of hydrogen-bond acceptors (Lipinski definition) is 5. The molecule has 2 aromatic rings. The van der Waals surface area contributed by atoms with Crippen molar-refractivity contribution in [2.75, 3.05) is 7.05 Å². The Bertz CT molecular complexity index is 777. The van der Waals surface area contributed by atoms with Crippen LogP contribution >= 0.6 is 11.3 Å². The lowest BCUT2D eigenvalue weighted by Gasteiger charge is -2.16. The number of sulfonamides is 1. The Labute approximate surface area is 120 Å². The van der Waals surface area contributed by atoms with Gasteiger partial charge in [0, 0.05) is 19.3 Å². The summed E-state index contributed by atoms with van der Waals surface area (Å²) in [6, 6.07) is 6.38. The highest BCUT2D eigenvalue weighted by Gasteiger charge is 2.25. The molecule has 0 aliphatic rings. The fourth-order valence-electron chi connectivity index (χ4n) is 1.77. The molecule has 1 heterocycles. The average Bonchev–Trinajstić information content (AvgIpc) is 2.69. The first-order valence-electron chi connectivity index (χ1n) is 5.74. The number of thiazole rings is 1. The molecular weight excluding hydrogens is 300 g/mol. The quantitative estimate of drug-likeness (QED) is 0.889. The maximum Gasteiger partial charge on any atom is 0.305 e. The zero-order chi connectivity index (χ0) is 14.9. The van der Waals surface area contributed by atoms with Crippen molar-refractivity contribution >= 4 is 21.4 Å². The minimum absolute atomic E-state index is 0.0187. The number of nitrogens with one attached hydrogen (secondary N) is 1. The van der Waals surface area contributed by atoms with E-state index in [-0.39, 0.29) is 16.5 Å². The molecule has 0 aliphatic carbocycles. The van der Waals surface area contributed by atoms with Gasteiger partial charge < -0.3 is 10.1 Å². The fraction of sp³-hybridized carbons (Fsp3) is 0.250. The number of phenolic OH excluding ortho intramolecular Hbond substituents is 1. The lowest BCUT2D eigenvalue weighted by atomic mass is 10.2. The van der Waals surface area contributed by atoms with E-state index in [1.54, 1.807) is 19.1 Å². The molecule has 0 bridgehead atoms. The van der Waals surface area contributed by atoms with Gasteiger partial charge in [-0.1, -0.05) is 23.5 Å². The highest BCUT2D eigenvalue weighted by Crippen LogP contribution is 2.22. The molecule has 0 radical (unpaired) electrons. The van der Waals surface area contributed by atoms with Crippen LogP contribution in [0.15, 0.2) is 33.3 Å². The van der Waals surface area contributed by atoms with Crippen LogP contribution in [0.2, 0.25) is 0 Å². The largest absolute Gasteiger partial charge is 0.508 e. The molecule has 20 heavy (non-hydrogen) atoms. The van der Waals surface area contributed by atoms with E-state index >= 15 is 0 Å². The van der Waals surface area contributed by atoms with Gasteiger partial charge in [0.2, 0.25) is 0 Å². The number of rotatable bonds is 4. The molecule has 0 saturated heterocycles. The Morgan fingerprint density at radius 1 is 1.40 bits per heavy atom. The predicted octanol–water partition coefficient (Wildman–Crippen LogP) is 1.27. The zero-order valence-corrected chi connectivity index (χ0v) is 12.6. The first kappa shape index (κ1) is 14.8. The highest BCUT2D eigenvalue weighted by atomic mass is 32.2. The maximum absolute atomic E-state index is 12.4. The number of nitrogens with zero attached hydrogens (tertiary/aromatic N) is 1. The molecule has 2 N–H and O–H groups in total. The summed E-state index contributed by atoms with van der Waals surface area (Å²) in [5.74, 6) is 0.0794. The van der Waals surface area contributed by atoms with Gasteiger partial charge in [0.05, 0.1) is 0 Å². The van der Waals surface area contributed by atoms with Crippen LogP contribution in [-0.2, 0) is 16.6 Å². The second-order valence-electron chi connectivity index (χ2n) is 4.36. The third-order valence-electron chi connectivity index (χ3n) is 2.74. The number of H-pyrrole nitrogens is 1. The molecule has 0 spiro atoms. The molecule has 2 rings (SSSR count). The van der Waals surface area contributed by atoms with Crippen LogP contribution in [0.3, 0.4) is 0 Å². The van der Waals surface area contributed by atoms with Gasteiger partial charge in [0.1, 0.15) is 5.75 Å². The minimum Gasteiger partial charge on any atom is -0.508 e. The normalized spacial score (nSPS) is 11.9. The van der Waals surface area contributed by atoms with Crippen molar-refractivity contribution in [1.29, 1.82) is 0 Å². The summed E-state index contributed by atoms with van der Waals surface area (Å²) in [4.78, 5) is 13.3. The monoisotopic (exact) mass is 314 g/mol. The van der Waals surface area contributed by atoms with Gasteiger partial charge in [-0.2, -0.15) is 4.31 Å². The summed E-state index contributed by atoms with van der Waals surface area (Å²) >= 11 is 0.673. The van der Waals surface area contributed by atoms with Crippen molar-refractivity contribution in [2.45, 2.75) is 17.7 Å². The summed E-state index contributed by atoms with van der Waals surface area (Å²) in [5, 5.41) is 9.38. The van der Waals surface area contributed by atoms with Crippen LogP contribution in [0.1, 0.15) is 11.3 Å². The predicted molar refractivity (Wildman–Crippen MR) is 76.4 cm³/mol. The fourth-order valence-corrected chi connectivity index (χ4v) is 4.42. The number of benzene rings is 1. The minimum atomic E-state index is -3.72. The van der Waals surface area contributed by atoms with Crippen molar-refractivity contribution in [1.82, 2.24) is 9.29 Å². The summed E-state index contributed by atoms with van der Waals surface area (Å²) in [7, 11) is -2.29. The van der Waals surface area contributed by atoms with Crippen molar-refractivity contribution in [3.8, 4) is 5.75 Å². The standard InChI is InChI=1S/C12H14N2O4S2/c1-8-11(19-12(16)13-8)20(17,18)14(2)7-9-4-3-5-10(15)6-9/h3-6,15H,7H2,1-2H3,(H,13,16). The molecule has 1 aromatic heterocycles. The lowest BCUT2D eigenvalue weighted by molar-refractivity contribution is 0.459. The van der Waals surface area contributed by atoms with E-state index in [4.69, 9.17) is 0 Å². The van der Waals surface area contributed by atoms with Crippen LogP contribution < -0.4 is 4.87 Å². The molecular formula is C12H14N2O4S2. The average molecular weight is 314 g/mol. The van der Waals surface area contributed by atoms with E-state index in [1.807, 2.05) is 0 Å². The van der Waals surface area contributed by atoms with Crippen LogP contribution in [0.5, 0.6) is 5.75 Å². The van der Waals surface area contributed by atoms with E-state index in [9.17, 15) is 18.3 Å². The zero-order valence-electron chi connectivity index (χ0n) is 11.0. The number of aryl methyl sites for hydroxylation is 1. The van der Waals surface area contributed by atoms with Crippen molar-refractivity contribution in [3.63, 3.8) is 0 Å². The first-order chi connectivity index (χ1) is 9.30. The second kappa shape index (κ2) is 5.39. The van der Waals surface area contributed by atoms with Crippen molar-refractivity contribution < 1.29 is 13.5 Å². The first-order valence-corrected chi connectivity index (χ1v) is 8.00. The van der Waals surface area contributed by atoms with Crippen LogP contribution in [0.25, 0.3) is 0 Å². The van der Waals surface area contributed by atoms with E-state index < -0.39 is 14.9 Å². The lowest BCUT2D eigenvalue weighted by Crippen LogP contribution is -2.26. The number of hydrogen-bond donors (Lipinski definition) is 2. The summed E-state index contributed by atoms with van der Waals surface area (Å²) < 4.78 is 25.9. The van der Waals surface area contributed by atoms with E-state index in [2.05, 4.69) is 4.98 Å². The Morgan fingerprint density at radius 3 is 2.65 bits per heavy atom. The Balaban J connectivity index is 2.30. The van der Waals surface area contributed by atoms with E-state index in [1.165, 1.54) is 19.2 Å². The van der Waals surface area contributed by atoms with Crippen LogP contribution in [0.4, 0.5) is 0 Å².